The van der Waals surface area contributed by atoms with Crippen LogP contribution in [0.4, 0.5) is 18.3 Å². The molecule has 0 bridgehead atoms. The van der Waals surface area contributed by atoms with Crippen molar-refractivity contribution in [3.63, 3.8) is 0 Å². The fourth-order valence-corrected chi connectivity index (χ4v) is 5.56. The number of rotatable bonds is 16. The number of hydrogen-bond acceptors (Lipinski definition) is 15. The number of oxime groups is 1. The molecular weight excluding hydrogens is 761 g/mol. The zero-order chi connectivity index (χ0) is 39.9. The van der Waals surface area contributed by atoms with Gasteiger partial charge in [-0.05, 0) is 32.9 Å². The molecule has 1 aliphatic rings. The quantitative estimate of drug-likeness (QED) is 0.0436. The van der Waals surface area contributed by atoms with Gasteiger partial charge in [0.1, 0.15) is 19.3 Å². The molecule has 3 aromatic heterocycles. The average Bonchev–Trinajstić information content (AvgIpc) is 3.71. The van der Waals surface area contributed by atoms with E-state index in [9.17, 15) is 41.1 Å². The van der Waals surface area contributed by atoms with Crippen molar-refractivity contribution in [1.29, 1.82) is 0 Å². The van der Waals surface area contributed by atoms with Gasteiger partial charge in [-0.2, -0.15) is 36.3 Å². The molecule has 4 rings (SSSR count). The van der Waals surface area contributed by atoms with E-state index in [1.54, 1.807) is 40.8 Å². The summed E-state index contributed by atoms with van der Waals surface area (Å²) in [6.45, 7) is 3.59. The number of aromatic nitrogens is 4. The molecule has 290 valence electrons. The first kappa shape index (κ1) is 42.2. The summed E-state index contributed by atoms with van der Waals surface area (Å²) in [4.78, 5) is 56.0. The Bertz CT molecular complexity index is 1970. The predicted molar refractivity (Wildman–Crippen MR) is 174 cm³/mol. The molecule has 20 nitrogen and oxygen atoms in total. The zero-order valence-corrected chi connectivity index (χ0v) is 29.6. The molecule has 0 aliphatic carbocycles. The van der Waals surface area contributed by atoms with Gasteiger partial charge in [0.15, 0.2) is 22.4 Å². The number of hydroxylamine groups is 2. The largest absolute Gasteiger partial charge is 0.490 e. The van der Waals surface area contributed by atoms with Crippen LogP contribution < -0.4 is 20.8 Å². The average molecular weight is 796 g/mol. The van der Waals surface area contributed by atoms with Crippen molar-refractivity contribution in [2.24, 2.45) is 23.9 Å². The van der Waals surface area contributed by atoms with Crippen LogP contribution in [0.3, 0.4) is 0 Å². The first-order chi connectivity index (χ1) is 24.5. The van der Waals surface area contributed by atoms with Crippen LogP contribution in [-0.2, 0) is 52.3 Å². The minimum Gasteiger partial charge on any atom is -0.483 e. The lowest BCUT2D eigenvalue weighted by Crippen LogP contribution is -2.68. The number of alkyl halides is 3. The Morgan fingerprint density at radius 1 is 1.23 bits per heavy atom. The normalized spacial score (nSPS) is 16.2. The van der Waals surface area contributed by atoms with Gasteiger partial charge in [-0.1, -0.05) is 5.16 Å². The number of hydrogen-bond donors (Lipinski definition) is 5. The third-order valence-electron chi connectivity index (χ3n) is 7.28. The number of Topliss-reactive ketones (excluding diaryl/α,β-unsaturated/α-hetero) is 1. The number of aliphatic carboxylic acids is 2. The number of carbonyl (C=O) groups excluding carboxylic acids is 2. The second-order valence-electron chi connectivity index (χ2n) is 11.5. The summed E-state index contributed by atoms with van der Waals surface area (Å²) in [5.41, 5.74) is 11.2. The van der Waals surface area contributed by atoms with Gasteiger partial charge in [0.25, 0.3) is 12.0 Å². The Balaban J connectivity index is 0.000000980. The van der Waals surface area contributed by atoms with E-state index < -0.39 is 76.5 Å². The number of pyridine rings is 1. The number of carbonyl (C=O) groups is 4. The monoisotopic (exact) mass is 795 g/mol. The molecule has 7 N–H and O–H groups in total. The molecule has 0 radical (unpaired) electrons. The molecule has 25 heteroatoms. The topological polar surface area (TPSA) is 293 Å². The summed E-state index contributed by atoms with van der Waals surface area (Å²) in [6, 6.07) is 3.43. The summed E-state index contributed by atoms with van der Waals surface area (Å²) in [6.07, 6.45) is -1.20. The van der Waals surface area contributed by atoms with Gasteiger partial charge in [-0.3, -0.25) is 18.8 Å². The highest BCUT2D eigenvalue weighted by Gasteiger charge is 2.57. The predicted octanol–water partition coefficient (Wildman–Crippen LogP) is 0.579. The number of nitrogens with zero attached hydrogens (tertiary/aromatic N) is 6. The van der Waals surface area contributed by atoms with Crippen LogP contribution in [0.5, 0.6) is 5.75 Å². The van der Waals surface area contributed by atoms with Gasteiger partial charge in [-0.25, -0.2) is 14.6 Å². The van der Waals surface area contributed by atoms with E-state index in [1.165, 1.54) is 19.2 Å². The molecule has 53 heavy (non-hydrogen) atoms. The molecule has 4 heterocycles. The Kier molecular flexibility index (Phi) is 13.6. The molecule has 0 aromatic carbocycles. The van der Waals surface area contributed by atoms with Crippen LogP contribution in [-0.4, -0.2) is 103 Å². The number of nitrogens with two attached hydrogens (primary N) is 2. The second-order valence-corrected chi connectivity index (χ2v) is 13.4. The maximum Gasteiger partial charge on any atom is 0.490 e. The first-order valence-corrected chi connectivity index (χ1v) is 17.2. The molecule has 1 fully saturated rings. The number of aryl methyl sites for hydroxylation is 2. The van der Waals surface area contributed by atoms with Gasteiger partial charge in [-0.15, -0.1) is 15.6 Å². The van der Waals surface area contributed by atoms with E-state index in [1.807, 2.05) is 6.20 Å². The van der Waals surface area contributed by atoms with Crippen molar-refractivity contribution >= 4 is 56.2 Å². The van der Waals surface area contributed by atoms with E-state index in [0.29, 0.717) is 23.9 Å². The third kappa shape index (κ3) is 11.4. The first-order valence-electron chi connectivity index (χ1n) is 14.9. The molecule has 1 aliphatic heterocycles. The number of ether oxygens (including phenoxy) is 1. The minimum absolute atomic E-state index is 0.0258. The Labute approximate surface area is 302 Å². The number of ketones is 1. The molecule has 2 atom stereocenters. The van der Waals surface area contributed by atoms with E-state index in [-0.39, 0.29) is 10.8 Å². The van der Waals surface area contributed by atoms with Gasteiger partial charge < -0.3 is 31.3 Å². The molecule has 1 saturated heterocycles. The summed E-state index contributed by atoms with van der Waals surface area (Å²) in [5, 5.41) is 26.9. The van der Waals surface area contributed by atoms with Crippen molar-refractivity contribution in [3.05, 3.63) is 41.8 Å². The lowest BCUT2D eigenvalue weighted by molar-refractivity contribution is -0.660. The van der Waals surface area contributed by atoms with Crippen LogP contribution in [0.25, 0.3) is 11.3 Å². The van der Waals surface area contributed by atoms with Gasteiger partial charge in [0.2, 0.25) is 11.9 Å². The Morgan fingerprint density at radius 3 is 2.40 bits per heavy atom. The van der Waals surface area contributed by atoms with Crippen molar-refractivity contribution in [2.75, 3.05) is 18.9 Å². The maximum atomic E-state index is 13.3. The van der Waals surface area contributed by atoms with Crippen molar-refractivity contribution in [2.45, 2.75) is 51.1 Å². The maximum absolute atomic E-state index is 13.3. The molecule has 0 unspecified atom stereocenters. The molecule has 0 spiro atoms. The molecule has 0 saturated carbocycles. The second kappa shape index (κ2) is 17.1. The van der Waals surface area contributed by atoms with Crippen molar-refractivity contribution in [3.8, 4) is 17.0 Å². The van der Waals surface area contributed by atoms with Crippen LogP contribution in [0.1, 0.15) is 32.4 Å². The van der Waals surface area contributed by atoms with Crippen molar-refractivity contribution < 1.29 is 74.0 Å². The zero-order valence-electron chi connectivity index (χ0n) is 28.0. The number of carboxylic acid groups (broad SMARTS) is 2. The van der Waals surface area contributed by atoms with Gasteiger partial charge in [0.05, 0.1) is 23.2 Å². The summed E-state index contributed by atoms with van der Waals surface area (Å²) >= 11 is 0.984. The Morgan fingerprint density at radius 2 is 1.89 bits per heavy atom. The number of β-lactam (4-membered cyclic amide) rings is 1. The van der Waals surface area contributed by atoms with Gasteiger partial charge in [0, 0.05) is 30.6 Å². The summed E-state index contributed by atoms with van der Waals surface area (Å²) in [7, 11) is -3.20. The van der Waals surface area contributed by atoms with Crippen LogP contribution in [0, 0.1) is 5.92 Å². The summed E-state index contributed by atoms with van der Waals surface area (Å²) < 4.78 is 76.5. The fourth-order valence-electron chi connectivity index (χ4n) is 4.56. The summed E-state index contributed by atoms with van der Waals surface area (Å²) in [5.74, 6) is -6.61. The number of halogens is 3. The van der Waals surface area contributed by atoms with E-state index in [0.717, 1.165) is 29.0 Å². The highest BCUT2D eigenvalue weighted by atomic mass is 32.3. The third-order valence-corrected chi connectivity index (χ3v) is 8.29. The van der Waals surface area contributed by atoms with Crippen LogP contribution >= 0.6 is 11.3 Å². The van der Waals surface area contributed by atoms with E-state index in [4.69, 9.17) is 35.5 Å². The Hall–Kier alpha value is -5.24. The number of carboxylic acids is 2. The highest BCUT2D eigenvalue weighted by Crippen LogP contribution is 2.40. The van der Waals surface area contributed by atoms with Gasteiger partial charge >= 0.3 is 28.5 Å². The number of nitrogen functional groups attached to an aromatic ring is 1. The van der Waals surface area contributed by atoms with Crippen LogP contribution in [0.2, 0.25) is 0 Å². The van der Waals surface area contributed by atoms with E-state index in [2.05, 4.69) is 19.5 Å². The number of amides is 1. The molecular formula is C28H34F3N8O12S2+. The molecule has 3 aromatic rings. The number of thiazole rings is 1. The molecule has 1 amide bonds. The minimum atomic E-state index is -5.08. The smallest absolute Gasteiger partial charge is 0.483 e. The lowest BCUT2D eigenvalue weighted by Gasteiger charge is -2.50. The number of anilines is 1. The van der Waals surface area contributed by atoms with Crippen LogP contribution in [0.15, 0.2) is 41.3 Å². The SMILES string of the molecule is C[n+]1cc(OC[C@H](O/N=C(\C(=O)C[C@@H]2C(=O)N(OS(=O)(=O)O)C2(C)C)c2csc(N)n2)C(=O)O)ccc1-c1cnn(CCCN)c1.O=C(O)C(F)(F)F. The lowest BCUT2D eigenvalue weighted by atomic mass is 9.74. The van der Waals surface area contributed by atoms with E-state index >= 15 is 0 Å². The standard InChI is InChI=1S/C26H32N8O10S2.C2HF3O2/c1-26(2)17(23(36)34(26)44-46(39,40)41)9-20(35)22(18-14-45-25(28)30-18)31-43-21(24(37)38)13-42-16-5-6-19(32(3)12-16)15-10-29-33(11-15)8-4-7-27;3-2(4,5)1(6)7/h5-6,10-12,14,17,21H,4,7-9,13,27H2,1-3H3,(H3-,28,30,37,38,39,40,41);(H,6,7)/p+1/b31-22-;/t17-,21+;/m1./s1. The fraction of sp³-hybridized carbons (Fsp3) is 0.429. The highest BCUT2D eigenvalue weighted by molar-refractivity contribution is 7.80. The van der Waals surface area contributed by atoms with Crippen molar-refractivity contribution in [1.82, 2.24) is 19.8 Å².